The maximum absolute atomic E-state index is 6.15. The van der Waals surface area contributed by atoms with Crippen molar-refractivity contribution in [2.75, 3.05) is 0 Å². The van der Waals surface area contributed by atoms with E-state index in [1.165, 1.54) is 0 Å². The molecule has 0 aliphatic carbocycles. The van der Waals surface area contributed by atoms with Crippen molar-refractivity contribution in [1.29, 1.82) is 0 Å². The Morgan fingerprint density at radius 3 is 1.35 bits per heavy atom. The van der Waals surface area contributed by atoms with Gasteiger partial charge in [0.25, 0.3) is 0 Å². The smallest absolute Gasteiger partial charge is 0.0313 e. The van der Waals surface area contributed by atoms with Crippen molar-refractivity contribution in [2.24, 2.45) is 11.5 Å². The zero-order valence-corrected chi connectivity index (χ0v) is 9.79. The fourth-order valence-electron chi connectivity index (χ4n) is 1.95. The average molecular weight is 226 g/mol. The molecule has 2 rings (SSSR count). The predicted octanol–water partition coefficient (Wildman–Crippen LogP) is 2.78. The zero-order chi connectivity index (χ0) is 12.1. The maximum atomic E-state index is 6.15. The molecule has 0 bridgehead atoms. The van der Waals surface area contributed by atoms with Gasteiger partial charge in [0.05, 0.1) is 0 Å². The maximum Gasteiger partial charge on any atom is 0.0313 e. The molecule has 0 spiro atoms. The zero-order valence-electron chi connectivity index (χ0n) is 9.79. The minimum atomic E-state index is -0.00796. The summed E-state index contributed by atoms with van der Waals surface area (Å²) in [6, 6.07) is 20.2. The highest BCUT2D eigenvalue weighted by molar-refractivity contribution is 5.22. The van der Waals surface area contributed by atoms with Gasteiger partial charge < -0.3 is 11.5 Å². The quantitative estimate of drug-likeness (QED) is 0.842. The van der Waals surface area contributed by atoms with Gasteiger partial charge in [-0.15, -0.1) is 0 Å². The molecule has 0 saturated carbocycles. The molecule has 2 aromatic rings. The van der Waals surface area contributed by atoms with Crippen LogP contribution in [0.5, 0.6) is 0 Å². The Balaban J connectivity index is 2.02. The molecule has 0 fully saturated rings. The van der Waals surface area contributed by atoms with Crippen molar-refractivity contribution in [1.82, 2.24) is 0 Å². The molecule has 0 radical (unpaired) electrons. The van der Waals surface area contributed by atoms with Crippen molar-refractivity contribution >= 4 is 0 Å². The van der Waals surface area contributed by atoms with Crippen molar-refractivity contribution in [2.45, 2.75) is 18.5 Å². The van der Waals surface area contributed by atoms with Gasteiger partial charge in [-0.1, -0.05) is 60.7 Å². The molecule has 2 nitrogen and oxygen atoms in total. The van der Waals surface area contributed by atoms with E-state index in [4.69, 9.17) is 11.5 Å². The number of hydrogen-bond donors (Lipinski definition) is 2. The summed E-state index contributed by atoms with van der Waals surface area (Å²) in [5, 5.41) is 0. The van der Waals surface area contributed by atoms with Gasteiger partial charge in [-0.2, -0.15) is 0 Å². The van der Waals surface area contributed by atoms with Crippen molar-refractivity contribution in [3.8, 4) is 0 Å². The van der Waals surface area contributed by atoms with Crippen LogP contribution in [0.25, 0.3) is 0 Å². The van der Waals surface area contributed by atoms with E-state index in [-0.39, 0.29) is 12.1 Å². The first-order chi connectivity index (χ1) is 8.27. The van der Waals surface area contributed by atoms with Crippen LogP contribution in [0.1, 0.15) is 29.6 Å². The van der Waals surface area contributed by atoms with Gasteiger partial charge >= 0.3 is 0 Å². The molecule has 0 unspecified atom stereocenters. The third-order valence-electron chi connectivity index (χ3n) is 2.96. The Morgan fingerprint density at radius 1 is 0.647 bits per heavy atom. The highest BCUT2D eigenvalue weighted by Crippen LogP contribution is 2.22. The number of benzene rings is 2. The standard InChI is InChI=1S/C15H18N2/c16-14(12-7-3-1-4-8-12)11-15(17)13-9-5-2-6-10-13/h1-10,14-15H,11,16-17H2/t14-,15+. The second kappa shape index (κ2) is 5.62. The van der Waals surface area contributed by atoms with Crippen molar-refractivity contribution in [3.05, 3.63) is 71.8 Å². The molecular formula is C15H18N2. The largest absolute Gasteiger partial charge is 0.324 e. The van der Waals surface area contributed by atoms with E-state index >= 15 is 0 Å². The topological polar surface area (TPSA) is 52.0 Å². The summed E-state index contributed by atoms with van der Waals surface area (Å²) in [5.41, 5.74) is 14.6. The molecule has 2 atom stereocenters. The summed E-state index contributed by atoms with van der Waals surface area (Å²) in [5.74, 6) is 0. The first-order valence-corrected chi connectivity index (χ1v) is 5.88. The second-order valence-corrected chi connectivity index (χ2v) is 4.27. The summed E-state index contributed by atoms with van der Waals surface area (Å²) in [4.78, 5) is 0. The summed E-state index contributed by atoms with van der Waals surface area (Å²) in [7, 11) is 0. The number of hydrogen-bond acceptors (Lipinski definition) is 2. The lowest BCUT2D eigenvalue weighted by Crippen LogP contribution is -2.19. The average Bonchev–Trinajstić information content (AvgIpc) is 2.40. The van der Waals surface area contributed by atoms with Crippen LogP contribution in [0, 0.1) is 0 Å². The fraction of sp³-hybridized carbons (Fsp3) is 0.200. The van der Waals surface area contributed by atoms with Crippen LogP contribution in [0.4, 0.5) is 0 Å². The first-order valence-electron chi connectivity index (χ1n) is 5.88. The summed E-state index contributed by atoms with van der Waals surface area (Å²) in [6.45, 7) is 0. The Kier molecular flexibility index (Phi) is 3.91. The normalized spacial score (nSPS) is 14.2. The fourth-order valence-corrected chi connectivity index (χ4v) is 1.95. The van der Waals surface area contributed by atoms with E-state index in [0.29, 0.717) is 0 Å². The highest BCUT2D eigenvalue weighted by Gasteiger charge is 2.12. The Bertz CT molecular complexity index is 395. The molecule has 0 aliphatic rings. The molecular weight excluding hydrogens is 208 g/mol. The third-order valence-corrected chi connectivity index (χ3v) is 2.96. The van der Waals surface area contributed by atoms with Crippen molar-refractivity contribution < 1.29 is 0 Å². The van der Waals surface area contributed by atoms with Gasteiger partial charge in [-0.05, 0) is 17.5 Å². The second-order valence-electron chi connectivity index (χ2n) is 4.27. The first kappa shape index (κ1) is 11.8. The van der Waals surface area contributed by atoms with Gasteiger partial charge in [-0.3, -0.25) is 0 Å². The van der Waals surface area contributed by atoms with Gasteiger partial charge in [0.15, 0.2) is 0 Å². The molecule has 0 amide bonds. The third kappa shape index (κ3) is 3.16. The van der Waals surface area contributed by atoms with Crippen LogP contribution >= 0.6 is 0 Å². The molecule has 0 saturated heterocycles. The minimum absolute atomic E-state index is 0.00796. The minimum Gasteiger partial charge on any atom is -0.324 e. The van der Waals surface area contributed by atoms with Gasteiger partial charge in [-0.25, -0.2) is 0 Å². The van der Waals surface area contributed by atoms with Crippen LogP contribution in [-0.2, 0) is 0 Å². The van der Waals surface area contributed by atoms with Crippen LogP contribution < -0.4 is 11.5 Å². The molecule has 2 heteroatoms. The van der Waals surface area contributed by atoms with Gasteiger partial charge in [0.1, 0.15) is 0 Å². The molecule has 17 heavy (non-hydrogen) atoms. The Labute approximate surface area is 102 Å². The van der Waals surface area contributed by atoms with E-state index in [1.54, 1.807) is 0 Å². The molecule has 4 N–H and O–H groups in total. The van der Waals surface area contributed by atoms with Crippen LogP contribution in [0.2, 0.25) is 0 Å². The molecule has 0 aliphatic heterocycles. The molecule has 88 valence electrons. The Hall–Kier alpha value is -1.64. The van der Waals surface area contributed by atoms with Crippen LogP contribution in [-0.4, -0.2) is 0 Å². The highest BCUT2D eigenvalue weighted by atomic mass is 14.7. The van der Waals surface area contributed by atoms with Crippen molar-refractivity contribution in [3.63, 3.8) is 0 Å². The van der Waals surface area contributed by atoms with E-state index < -0.39 is 0 Å². The number of nitrogens with two attached hydrogens (primary N) is 2. The lowest BCUT2D eigenvalue weighted by atomic mass is 9.96. The lowest BCUT2D eigenvalue weighted by Gasteiger charge is -2.18. The molecule has 0 aromatic heterocycles. The van der Waals surface area contributed by atoms with E-state index in [9.17, 15) is 0 Å². The van der Waals surface area contributed by atoms with Crippen LogP contribution in [0.15, 0.2) is 60.7 Å². The lowest BCUT2D eigenvalue weighted by molar-refractivity contribution is 0.557. The molecule has 0 heterocycles. The predicted molar refractivity (Wildman–Crippen MR) is 71.4 cm³/mol. The van der Waals surface area contributed by atoms with Gasteiger partial charge in [0, 0.05) is 12.1 Å². The summed E-state index contributed by atoms with van der Waals surface area (Å²) >= 11 is 0. The summed E-state index contributed by atoms with van der Waals surface area (Å²) < 4.78 is 0. The SMILES string of the molecule is N[C@H](C[C@H](N)c1ccccc1)c1ccccc1. The van der Waals surface area contributed by atoms with Crippen LogP contribution in [0.3, 0.4) is 0 Å². The van der Waals surface area contributed by atoms with E-state index in [0.717, 1.165) is 17.5 Å². The Morgan fingerprint density at radius 2 is 1.00 bits per heavy atom. The molecule has 2 aromatic carbocycles. The monoisotopic (exact) mass is 226 g/mol. The van der Waals surface area contributed by atoms with E-state index in [2.05, 4.69) is 0 Å². The van der Waals surface area contributed by atoms with E-state index in [1.807, 2.05) is 60.7 Å². The number of rotatable bonds is 4. The summed E-state index contributed by atoms with van der Waals surface area (Å²) in [6.07, 6.45) is 0.758. The van der Waals surface area contributed by atoms with Gasteiger partial charge in [0.2, 0.25) is 0 Å².